The Morgan fingerprint density at radius 1 is 0.875 bits per heavy atom. The van der Waals surface area contributed by atoms with E-state index in [0.29, 0.717) is 6.42 Å². The van der Waals surface area contributed by atoms with Gasteiger partial charge in [-0.25, -0.2) is 0 Å². The zero-order chi connectivity index (χ0) is 29.1. The molecule has 0 amide bonds. The van der Waals surface area contributed by atoms with Crippen molar-refractivity contribution in [2.75, 3.05) is 27.4 Å². The van der Waals surface area contributed by atoms with Gasteiger partial charge in [0.15, 0.2) is 5.78 Å². The van der Waals surface area contributed by atoms with E-state index in [4.69, 9.17) is 28.4 Å². The molecular weight excluding hydrogens is 512 g/mol. The van der Waals surface area contributed by atoms with Gasteiger partial charge in [-0.3, -0.25) is 4.79 Å². The summed E-state index contributed by atoms with van der Waals surface area (Å²) in [6.45, 7) is 14.2. The highest BCUT2D eigenvalue weighted by molar-refractivity contribution is 5.85. The SMILES string of the molecule is CO[C@@H]1C(=O)CC[C@]2(CO2)[C@H]1[C@@]1(C)O[C@@H]1CC=C(C)C.CO[C@@H]1[C@H](O)CC[C@]2(CO2)[C@H]1[C@@]1(C)O[C@@H]1CC=C(C)C. The summed E-state index contributed by atoms with van der Waals surface area (Å²) in [6, 6.07) is 0. The molecule has 4 aliphatic heterocycles. The van der Waals surface area contributed by atoms with Crippen molar-refractivity contribution in [3.8, 4) is 0 Å². The third kappa shape index (κ3) is 5.50. The second kappa shape index (κ2) is 10.9. The van der Waals surface area contributed by atoms with E-state index < -0.39 is 6.10 Å². The molecule has 0 aromatic rings. The number of Topliss-reactive ketones (excluding diaryl/α,β-unsaturated/α-hetero) is 1. The molecule has 0 aromatic carbocycles. The van der Waals surface area contributed by atoms with E-state index in [-0.39, 0.29) is 64.4 Å². The fourth-order valence-corrected chi connectivity index (χ4v) is 7.73. The molecule has 1 N–H and O–H groups in total. The van der Waals surface area contributed by atoms with Gasteiger partial charge >= 0.3 is 0 Å². The molecule has 6 fully saturated rings. The van der Waals surface area contributed by atoms with E-state index in [1.165, 1.54) is 11.1 Å². The minimum absolute atomic E-state index is 0.0248. The second-order valence-corrected chi connectivity index (χ2v) is 13.7. The Balaban J connectivity index is 0.000000161. The zero-order valence-corrected chi connectivity index (χ0v) is 25.7. The Hall–Kier alpha value is -1.13. The van der Waals surface area contributed by atoms with Crippen LogP contribution in [-0.4, -0.2) is 91.2 Å². The Kier molecular flexibility index (Phi) is 8.23. The van der Waals surface area contributed by atoms with Crippen molar-refractivity contribution in [3.05, 3.63) is 23.3 Å². The lowest BCUT2D eigenvalue weighted by Crippen LogP contribution is -2.54. The van der Waals surface area contributed by atoms with Crippen molar-refractivity contribution in [2.45, 2.75) is 133 Å². The van der Waals surface area contributed by atoms with Crippen LogP contribution in [-0.2, 0) is 33.2 Å². The highest BCUT2D eigenvalue weighted by Crippen LogP contribution is 2.60. The lowest BCUT2D eigenvalue weighted by Gasteiger charge is -2.41. The summed E-state index contributed by atoms with van der Waals surface area (Å²) >= 11 is 0. The molecule has 0 unspecified atom stereocenters. The van der Waals surface area contributed by atoms with Crippen molar-refractivity contribution >= 4 is 5.78 Å². The molecule has 4 heterocycles. The van der Waals surface area contributed by atoms with Crippen LogP contribution in [0.5, 0.6) is 0 Å². The van der Waals surface area contributed by atoms with E-state index in [2.05, 4.69) is 53.7 Å². The molecule has 4 saturated heterocycles. The maximum atomic E-state index is 12.2. The number of allylic oxidation sites excluding steroid dienone is 2. The van der Waals surface area contributed by atoms with Crippen LogP contribution < -0.4 is 0 Å². The molecule has 2 aliphatic carbocycles. The van der Waals surface area contributed by atoms with E-state index in [1.807, 2.05) is 0 Å². The number of methoxy groups -OCH3 is 2. The number of ketones is 1. The first-order valence-electron chi connectivity index (χ1n) is 15.0. The Morgan fingerprint density at radius 3 is 1.82 bits per heavy atom. The minimum atomic E-state index is -0.412. The maximum absolute atomic E-state index is 12.2. The van der Waals surface area contributed by atoms with Crippen LogP contribution in [0.25, 0.3) is 0 Å². The van der Waals surface area contributed by atoms with Crippen molar-refractivity contribution in [1.82, 2.24) is 0 Å². The molecule has 8 heteroatoms. The molecule has 0 radical (unpaired) electrons. The molecule has 0 bridgehead atoms. The molecule has 2 spiro atoms. The number of hydrogen-bond donors (Lipinski definition) is 1. The normalized spacial score (nSPS) is 48.2. The Morgan fingerprint density at radius 2 is 1.38 bits per heavy atom. The smallest absolute Gasteiger partial charge is 0.162 e. The first-order valence-corrected chi connectivity index (χ1v) is 15.0. The summed E-state index contributed by atoms with van der Waals surface area (Å²) in [6.07, 6.45) is 8.68. The van der Waals surface area contributed by atoms with Crippen LogP contribution in [0.1, 0.15) is 80.1 Å². The van der Waals surface area contributed by atoms with Crippen molar-refractivity contribution in [3.63, 3.8) is 0 Å². The number of carbonyl (C=O) groups excluding carboxylic acids is 1. The predicted molar refractivity (Wildman–Crippen MR) is 150 cm³/mol. The van der Waals surface area contributed by atoms with Gasteiger partial charge in [-0.1, -0.05) is 23.3 Å². The average molecular weight is 563 g/mol. The Labute approximate surface area is 239 Å². The number of ether oxygens (including phenoxy) is 6. The van der Waals surface area contributed by atoms with E-state index in [9.17, 15) is 9.90 Å². The van der Waals surface area contributed by atoms with Gasteiger partial charge in [0, 0.05) is 20.6 Å². The van der Waals surface area contributed by atoms with Gasteiger partial charge in [-0.15, -0.1) is 0 Å². The first-order chi connectivity index (χ1) is 18.9. The van der Waals surface area contributed by atoms with Gasteiger partial charge in [-0.2, -0.15) is 0 Å². The van der Waals surface area contributed by atoms with E-state index in [0.717, 1.165) is 45.3 Å². The van der Waals surface area contributed by atoms with Gasteiger partial charge in [0.2, 0.25) is 0 Å². The lowest BCUT2D eigenvalue weighted by molar-refractivity contribution is -0.142. The topological polar surface area (TPSA) is 106 Å². The molecular formula is C32H50O8. The molecule has 226 valence electrons. The van der Waals surface area contributed by atoms with Crippen LogP contribution in [0.3, 0.4) is 0 Å². The third-order valence-corrected chi connectivity index (χ3v) is 10.3. The predicted octanol–water partition coefficient (Wildman–Crippen LogP) is 4.32. The summed E-state index contributed by atoms with van der Waals surface area (Å²) in [7, 11) is 3.30. The largest absolute Gasteiger partial charge is 0.390 e. The second-order valence-electron chi connectivity index (χ2n) is 13.7. The standard InChI is InChI=1S/C16H26O4.C16H24O4/c2*1-10(2)5-6-12-15(3,20-12)14-13(18-4)11(17)7-8-16(14)9-19-16/h5,11-14,17H,6-9H2,1-4H3;5,12-14H,6-9H2,1-4H3/t11-,12-,13-,14-,15+,16+;12-,13-,14-,15+,16+/m11/s1. The van der Waals surface area contributed by atoms with E-state index >= 15 is 0 Å². The summed E-state index contributed by atoms with van der Waals surface area (Å²) in [4.78, 5) is 12.2. The molecule has 40 heavy (non-hydrogen) atoms. The van der Waals surface area contributed by atoms with Crippen LogP contribution in [0.15, 0.2) is 23.3 Å². The van der Waals surface area contributed by atoms with Gasteiger partial charge in [-0.05, 0) is 73.6 Å². The maximum Gasteiger partial charge on any atom is 0.162 e. The van der Waals surface area contributed by atoms with Gasteiger partial charge in [0.25, 0.3) is 0 Å². The highest BCUT2D eigenvalue weighted by Gasteiger charge is 2.73. The number of hydrogen-bond acceptors (Lipinski definition) is 8. The third-order valence-electron chi connectivity index (χ3n) is 10.3. The molecule has 2 saturated carbocycles. The number of carbonyl (C=O) groups is 1. The first kappa shape index (κ1) is 30.3. The number of rotatable bonds is 8. The fourth-order valence-electron chi connectivity index (χ4n) is 7.73. The summed E-state index contributed by atoms with van der Waals surface area (Å²) in [5, 5.41) is 10.2. The van der Waals surface area contributed by atoms with Crippen LogP contribution in [0.4, 0.5) is 0 Å². The summed E-state index contributed by atoms with van der Waals surface area (Å²) in [5.74, 6) is 0.340. The molecule has 8 nitrogen and oxygen atoms in total. The quantitative estimate of drug-likeness (QED) is 0.345. The van der Waals surface area contributed by atoms with Gasteiger partial charge in [0.1, 0.15) is 22.9 Å². The Bertz CT molecular complexity index is 1020. The average Bonchev–Trinajstić information content (AvgIpc) is 3.76. The highest BCUT2D eigenvalue weighted by atomic mass is 16.6. The molecule has 11 atom stereocenters. The summed E-state index contributed by atoms with van der Waals surface area (Å²) in [5.41, 5.74) is 1.79. The lowest BCUT2D eigenvalue weighted by atomic mass is 9.68. The monoisotopic (exact) mass is 562 g/mol. The van der Waals surface area contributed by atoms with Crippen LogP contribution in [0, 0.1) is 11.8 Å². The fraction of sp³-hybridized carbons (Fsp3) is 0.844. The molecule has 0 aromatic heterocycles. The van der Waals surface area contributed by atoms with E-state index in [1.54, 1.807) is 14.2 Å². The van der Waals surface area contributed by atoms with Crippen molar-refractivity contribution in [2.24, 2.45) is 11.8 Å². The molecule has 6 rings (SSSR count). The molecule has 6 aliphatic rings. The summed E-state index contributed by atoms with van der Waals surface area (Å²) < 4.78 is 34.7. The zero-order valence-electron chi connectivity index (χ0n) is 25.7. The number of aliphatic hydroxyl groups is 1. The van der Waals surface area contributed by atoms with Crippen molar-refractivity contribution in [1.29, 1.82) is 0 Å². The minimum Gasteiger partial charge on any atom is -0.390 e. The number of epoxide rings is 4. The van der Waals surface area contributed by atoms with Crippen molar-refractivity contribution < 1.29 is 38.3 Å². The van der Waals surface area contributed by atoms with Gasteiger partial charge < -0.3 is 33.5 Å². The van der Waals surface area contributed by atoms with Gasteiger partial charge in [0.05, 0.1) is 55.1 Å². The van der Waals surface area contributed by atoms with Crippen LogP contribution in [0.2, 0.25) is 0 Å². The van der Waals surface area contributed by atoms with Crippen LogP contribution >= 0.6 is 0 Å². The number of aliphatic hydroxyl groups excluding tert-OH is 1.